The average molecular weight is 481 g/mol. The number of rotatable bonds is 1. The molecule has 0 fully saturated rings. The number of anilines is 4. The summed E-state index contributed by atoms with van der Waals surface area (Å²) in [6.07, 6.45) is 4.13. The second-order valence-electron chi connectivity index (χ2n) is 8.99. The molecule has 1 unspecified atom stereocenters. The van der Waals surface area contributed by atoms with Gasteiger partial charge >= 0.3 is 0 Å². The standard InChI is InChI=1S/C17H16ClNO.C14H13N/c1-12(18)17(20)19-15-8-4-2-6-13(15)10-11-14-7-3-5-9-16(14)19;1-3-7-13-11(5-1)9-10-12-6-2-4-8-14(12)15-13/h2-9,12H,10-11H2,1H3;1-8,15H,9-10H2. The summed E-state index contributed by atoms with van der Waals surface area (Å²) in [5.41, 5.74) is 9.61. The third kappa shape index (κ3) is 4.96. The Labute approximate surface area is 212 Å². The second kappa shape index (κ2) is 10.4. The fraction of sp³-hybridized carbons (Fsp3) is 0.194. The van der Waals surface area contributed by atoms with Crippen LogP contribution in [0, 0.1) is 0 Å². The van der Waals surface area contributed by atoms with Crippen molar-refractivity contribution in [2.75, 3.05) is 10.2 Å². The predicted octanol–water partition coefficient (Wildman–Crippen LogP) is 7.61. The van der Waals surface area contributed by atoms with Gasteiger partial charge in [-0.3, -0.25) is 9.69 Å². The molecule has 2 heterocycles. The first-order valence-corrected chi connectivity index (χ1v) is 12.6. The Morgan fingerprint density at radius 2 is 1.03 bits per heavy atom. The number of benzene rings is 4. The molecule has 35 heavy (non-hydrogen) atoms. The predicted molar refractivity (Wildman–Crippen MR) is 146 cm³/mol. The number of nitrogens with one attached hydrogen (secondary N) is 1. The third-order valence-electron chi connectivity index (χ3n) is 6.66. The van der Waals surface area contributed by atoms with Crippen LogP contribution in [0.5, 0.6) is 0 Å². The average Bonchev–Trinajstić information content (AvgIpc) is 3.18. The molecule has 0 saturated carbocycles. The lowest BCUT2D eigenvalue weighted by atomic mass is 10.0. The highest BCUT2D eigenvalue weighted by Crippen LogP contribution is 2.36. The number of nitrogens with zero attached hydrogens (tertiary/aromatic N) is 1. The van der Waals surface area contributed by atoms with Gasteiger partial charge in [0.25, 0.3) is 0 Å². The zero-order valence-electron chi connectivity index (χ0n) is 19.9. The maximum Gasteiger partial charge on any atom is 0.249 e. The Morgan fingerprint density at radius 1 is 0.657 bits per heavy atom. The summed E-state index contributed by atoms with van der Waals surface area (Å²) in [6, 6.07) is 33.2. The van der Waals surface area contributed by atoms with Crippen molar-refractivity contribution in [3.63, 3.8) is 0 Å². The number of hydrogen-bond donors (Lipinski definition) is 1. The summed E-state index contributed by atoms with van der Waals surface area (Å²) in [7, 11) is 0. The lowest BCUT2D eigenvalue weighted by molar-refractivity contribution is -0.117. The molecule has 4 heteroatoms. The molecule has 0 aliphatic carbocycles. The zero-order valence-corrected chi connectivity index (χ0v) is 20.6. The zero-order chi connectivity index (χ0) is 24.2. The molecular weight excluding hydrogens is 452 g/mol. The Hall–Kier alpha value is -3.56. The van der Waals surface area contributed by atoms with Gasteiger partial charge in [0.2, 0.25) is 5.91 Å². The number of carbonyl (C=O) groups excluding carboxylic acids is 1. The summed E-state index contributed by atoms with van der Waals surface area (Å²) >= 11 is 6.06. The molecule has 176 valence electrons. The van der Waals surface area contributed by atoms with Gasteiger partial charge in [0.05, 0.1) is 11.4 Å². The minimum absolute atomic E-state index is 0.0755. The van der Waals surface area contributed by atoms with E-state index in [1.54, 1.807) is 11.8 Å². The van der Waals surface area contributed by atoms with Crippen molar-refractivity contribution >= 4 is 40.3 Å². The van der Waals surface area contributed by atoms with Crippen LogP contribution in [0.3, 0.4) is 0 Å². The maximum absolute atomic E-state index is 12.6. The number of halogens is 1. The number of carbonyl (C=O) groups is 1. The van der Waals surface area contributed by atoms with E-state index in [-0.39, 0.29) is 5.91 Å². The van der Waals surface area contributed by atoms with Crippen LogP contribution in [0.25, 0.3) is 0 Å². The highest BCUT2D eigenvalue weighted by atomic mass is 35.5. The molecule has 0 spiro atoms. The first-order valence-electron chi connectivity index (χ1n) is 12.2. The Kier molecular flexibility index (Phi) is 6.87. The van der Waals surface area contributed by atoms with Crippen molar-refractivity contribution in [3.05, 3.63) is 119 Å². The fourth-order valence-electron chi connectivity index (χ4n) is 4.83. The fourth-order valence-corrected chi connectivity index (χ4v) is 4.93. The molecule has 1 amide bonds. The van der Waals surface area contributed by atoms with Gasteiger partial charge in [0, 0.05) is 11.4 Å². The molecule has 0 aromatic heterocycles. The van der Waals surface area contributed by atoms with Crippen LogP contribution in [-0.2, 0) is 30.5 Å². The topological polar surface area (TPSA) is 32.3 Å². The molecule has 0 saturated heterocycles. The Morgan fingerprint density at radius 3 is 1.49 bits per heavy atom. The van der Waals surface area contributed by atoms with Crippen LogP contribution in [0.4, 0.5) is 22.7 Å². The van der Waals surface area contributed by atoms with Gasteiger partial charge in [-0.25, -0.2) is 0 Å². The first kappa shape index (κ1) is 23.2. The van der Waals surface area contributed by atoms with Crippen molar-refractivity contribution in [2.24, 2.45) is 0 Å². The lowest BCUT2D eigenvalue weighted by Gasteiger charge is -2.26. The van der Waals surface area contributed by atoms with Crippen LogP contribution < -0.4 is 10.2 Å². The van der Waals surface area contributed by atoms with E-state index in [0.29, 0.717) is 0 Å². The van der Waals surface area contributed by atoms with Crippen molar-refractivity contribution in [1.82, 2.24) is 0 Å². The maximum atomic E-state index is 12.6. The van der Waals surface area contributed by atoms with Gasteiger partial charge in [0.1, 0.15) is 5.38 Å². The molecule has 0 radical (unpaired) electrons. The monoisotopic (exact) mass is 480 g/mol. The number of hydrogen-bond acceptors (Lipinski definition) is 2. The van der Waals surface area contributed by atoms with E-state index in [2.05, 4.69) is 66.0 Å². The minimum atomic E-state index is -0.547. The van der Waals surface area contributed by atoms with Crippen molar-refractivity contribution < 1.29 is 4.79 Å². The van der Waals surface area contributed by atoms with Gasteiger partial charge in [-0.05, 0) is 79.1 Å². The third-order valence-corrected chi connectivity index (χ3v) is 6.84. The van der Waals surface area contributed by atoms with E-state index < -0.39 is 5.38 Å². The number of alkyl halides is 1. The van der Waals surface area contributed by atoms with E-state index in [4.69, 9.17) is 11.6 Å². The largest absolute Gasteiger partial charge is 0.355 e. The molecule has 4 aromatic carbocycles. The number of fused-ring (bicyclic) bond motifs is 4. The molecule has 3 nitrogen and oxygen atoms in total. The molecule has 6 rings (SSSR count). The van der Waals surface area contributed by atoms with Crippen LogP contribution in [0.1, 0.15) is 29.2 Å². The quantitative estimate of drug-likeness (QED) is 0.284. The lowest BCUT2D eigenvalue weighted by Crippen LogP contribution is -2.32. The van der Waals surface area contributed by atoms with Crippen molar-refractivity contribution in [1.29, 1.82) is 0 Å². The molecule has 1 atom stereocenters. The SMILES string of the molecule is CC(Cl)C(=O)N1c2ccccc2CCc2ccccc21.c1ccc2c(c1)CCc1ccccc1N2. The summed E-state index contributed by atoms with van der Waals surface area (Å²) in [5.74, 6) is -0.0755. The summed E-state index contributed by atoms with van der Waals surface area (Å²) in [4.78, 5) is 14.3. The van der Waals surface area contributed by atoms with Gasteiger partial charge in [-0.2, -0.15) is 0 Å². The second-order valence-corrected chi connectivity index (χ2v) is 9.64. The van der Waals surface area contributed by atoms with Crippen molar-refractivity contribution in [3.8, 4) is 0 Å². The van der Waals surface area contributed by atoms with E-state index in [0.717, 1.165) is 37.1 Å². The minimum Gasteiger partial charge on any atom is -0.355 e. The summed E-state index contributed by atoms with van der Waals surface area (Å²) < 4.78 is 0. The van der Waals surface area contributed by atoms with Gasteiger partial charge in [-0.1, -0.05) is 72.8 Å². The van der Waals surface area contributed by atoms with Gasteiger partial charge in [0.15, 0.2) is 0 Å². The highest BCUT2D eigenvalue weighted by Gasteiger charge is 2.27. The van der Waals surface area contributed by atoms with Crippen molar-refractivity contribution in [2.45, 2.75) is 38.0 Å². The normalized spacial score (nSPS) is 14.3. The Balaban J connectivity index is 0.000000151. The van der Waals surface area contributed by atoms with Crippen LogP contribution in [0.2, 0.25) is 0 Å². The molecule has 1 N–H and O–H groups in total. The van der Waals surface area contributed by atoms with E-state index >= 15 is 0 Å². The number of amides is 1. The van der Waals surface area contributed by atoms with E-state index in [1.807, 2.05) is 36.4 Å². The van der Waals surface area contributed by atoms with Crippen LogP contribution in [-0.4, -0.2) is 11.3 Å². The first-order chi connectivity index (χ1) is 17.1. The van der Waals surface area contributed by atoms with Gasteiger partial charge < -0.3 is 5.32 Å². The summed E-state index contributed by atoms with van der Waals surface area (Å²) in [5, 5.41) is 2.96. The molecule has 4 aromatic rings. The number of aryl methyl sites for hydroxylation is 4. The smallest absolute Gasteiger partial charge is 0.249 e. The van der Waals surface area contributed by atoms with E-state index in [1.165, 1.54) is 33.6 Å². The van der Waals surface area contributed by atoms with Crippen LogP contribution >= 0.6 is 11.6 Å². The molecule has 0 bridgehead atoms. The van der Waals surface area contributed by atoms with E-state index in [9.17, 15) is 4.79 Å². The van der Waals surface area contributed by atoms with Gasteiger partial charge in [-0.15, -0.1) is 11.6 Å². The molecule has 2 aliphatic rings. The van der Waals surface area contributed by atoms with Crippen LogP contribution in [0.15, 0.2) is 97.1 Å². The molecular formula is C31H29ClN2O. The Bertz CT molecular complexity index is 1250. The summed E-state index contributed by atoms with van der Waals surface area (Å²) in [6.45, 7) is 1.72. The highest BCUT2D eigenvalue weighted by molar-refractivity contribution is 6.33. The number of para-hydroxylation sites is 4. The molecule has 2 aliphatic heterocycles.